The van der Waals surface area contributed by atoms with Crippen molar-refractivity contribution in [2.45, 2.75) is 6.92 Å². The molecule has 0 saturated heterocycles. The van der Waals surface area contributed by atoms with Gasteiger partial charge >= 0.3 is 0 Å². The lowest BCUT2D eigenvalue weighted by atomic mass is 10.5. The molecule has 10 heavy (non-hydrogen) atoms. The third-order valence-corrected chi connectivity index (χ3v) is 2.16. The van der Waals surface area contributed by atoms with Crippen LogP contribution in [0.25, 0.3) is 10.3 Å². The Morgan fingerprint density at radius 2 is 2.40 bits per heavy atom. The van der Waals surface area contributed by atoms with E-state index in [9.17, 15) is 0 Å². The lowest BCUT2D eigenvalue weighted by molar-refractivity contribution is 1.03. The first-order chi connectivity index (χ1) is 4.86. The number of hydrogen-bond acceptors (Lipinski definition) is 4. The SMILES string of the molecule is Cc1cc2nncnc2s1. The van der Waals surface area contributed by atoms with Crippen molar-refractivity contribution in [1.82, 2.24) is 15.2 Å². The fraction of sp³-hybridized carbons (Fsp3) is 0.167. The van der Waals surface area contributed by atoms with Crippen LogP contribution in [0.1, 0.15) is 4.88 Å². The summed E-state index contributed by atoms with van der Waals surface area (Å²) in [6, 6.07) is 1.99. The van der Waals surface area contributed by atoms with E-state index in [-0.39, 0.29) is 0 Å². The first kappa shape index (κ1) is 5.73. The number of aryl methyl sites for hydroxylation is 1. The standard InChI is InChI=1S/C6H5N3S/c1-4-2-5-6(10-4)7-3-8-9-5/h2-3H,1H3. The second kappa shape index (κ2) is 1.98. The van der Waals surface area contributed by atoms with Gasteiger partial charge in [-0.25, -0.2) is 4.98 Å². The molecular weight excluding hydrogens is 146 g/mol. The number of thiophene rings is 1. The summed E-state index contributed by atoms with van der Waals surface area (Å²) in [5, 5.41) is 7.57. The molecule has 2 aromatic rings. The van der Waals surface area contributed by atoms with Crippen molar-refractivity contribution in [1.29, 1.82) is 0 Å². The zero-order chi connectivity index (χ0) is 6.97. The minimum atomic E-state index is 0.894. The van der Waals surface area contributed by atoms with Crippen molar-refractivity contribution in [2.75, 3.05) is 0 Å². The van der Waals surface area contributed by atoms with E-state index >= 15 is 0 Å². The summed E-state index contributed by atoms with van der Waals surface area (Å²) in [6.07, 6.45) is 1.47. The Morgan fingerprint density at radius 1 is 1.50 bits per heavy atom. The van der Waals surface area contributed by atoms with Gasteiger partial charge in [-0.15, -0.1) is 21.5 Å². The van der Waals surface area contributed by atoms with Crippen LogP contribution in [0.4, 0.5) is 0 Å². The maximum absolute atomic E-state index is 4.05. The van der Waals surface area contributed by atoms with Gasteiger partial charge in [0.15, 0.2) is 0 Å². The van der Waals surface area contributed by atoms with E-state index in [0.717, 1.165) is 10.3 Å². The van der Waals surface area contributed by atoms with Crippen molar-refractivity contribution in [2.24, 2.45) is 0 Å². The molecular formula is C6H5N3S. The summed E-state index contributed by atoms with van der Waals surface area (Å²) in [5.74, 6) is 0. The van der Waals surface area contributed by atoms with Crippen molar-refractivity contribution in [3.05, 3.63) is 17.3 Å². The second-order valence-corrected chi connectivity index (χ2v) is 3.24. The first-order valence-electron chi connectivity index (χ1n) is 2.90. The van der Waals surface area contributed by atoms with Crippen molar-refractivity contribution in [3.63, 3.8) is 0 Å². The average molecular weight is 151 g/mol. The molecule has 0 radical (unpaired) electrons. The van der Waals surface area contributed by atoms with Crippen molar-refractivity contribution < 1.29 is 0 Å². The van der Waals surface area contributed by atoms with Gasteiger partial charge in [-0.05, 0) is 13.0 Å². The molecule has 0 saturated carbocycles. The van der Waals surface area contributed by atoms with Crippen LogP contribution in [0.3, 0.4) is 0 Å². The highest BCUT2D eigenvalue weighted by atomic mass is 32.1. The number of aromatic nitrogens is 3. The topological polar surface area (TPSA) is 38.7 Å². The minimum absolute atomic E-state index is 0.894. The lowest BCUT2D eigenvalue weighted by Crippen LogP contribution is -1.79. The Hall–Kier alpha value is -1.03. The van der Waals surface area contributed by atoms with Gasteiger partial charge in [-0.1, -0.05) is 0 Å². The predicted molar refractivity (Wildman–Crippen MR) is 39.9 cm³/mol. The third kappa shape index (κ3) is 0.769. The first-order valence-corrected chi connectivity index (χ1v) is 3.72. The summed E-state index contributed by atoms with van der Waals surface area (Å²) in [7, 11) is 0. The van der Waals surface area contributed by atoms with E-state index in [4.69, 9.17) is 0 Å². The summed E-state index contributed by atoms with van der Waals surface area (Å²) in [4.78, 5) is 6.24. The van der Waals surface area contributed by atoms with Crippen LogP contribution in [-0.4, -0.2) is 15.2 Å². The molecule has 2 aromatic heterocycles. The van der Waals surface area contributed by atoms with Crippen molar-refractivity contribution >= 4 is 21.7 Å². The molecule has 3 nitrogen and oxygen atoms in total. The second-order valence-electron chi connectivity index (χ2n) is 2.01. The molecule has 2 heterocycles. The number of nitrogens with zero attached hydrogens (tertiary/aromatic N) is 3. The van der Waals surface area contributed by atoms with E-state index in [1.165, 1.54) is 11.2 Å². The highest BCUT2D eigenvalue weighted by Gasteiger charge is 1.97. The van der Waals surface area contributed by atoms with E-state index in [0.29, 0.717) is 0 Å². The van der Waals surface area contributed by atoms with Crippen LogP contribution >= 0.6 is 11.3 Å². The zero-order valence-electron chi connectivity index (χ0n) is 5.40. The molecule has 0 aliphatic heterocycles. The Labute approximate surface area is 61.7 Å². The molecule has 0 aromatic carbocycles. The van der Waals surface area contributed by atoms with Gasteiger partial charge in [0.25, 0.3) is 0 Å². The average Bonchev–Trinajstić information content (AvgIpc) is 2.27. The van der Waals surface area contributed by atoms with E-state index in [2.05, 4.69) is 15.2 Å². The normalized spacial score (nSPS) is 10.5. The van der Waals surface area contributed by atoms with E-state index < -0.39 is 0 Å². The molecule has 2 rings (SSSR count). The van der Waals surface area contributed by atoms with Crippen LogP contribution in [-0.2, 0) is 0 Å². The Balaban J connectivity index is 2.88. The maximum Gasteiger partial charge on any atom is 0.145 e. The summed E-state index contributed by atoms with van der Waals surface area (Å²) >= 11 is 1.64. The summed E-state index contributed by atoms with van der Waals surface area (Å²) < 4.78 is 0. The van der Waals surface area contributed by atoms with Gasteiger partial charge in [0.2, 0.25) is 0 Å². The maximum atomic E-state index is 4.05. The lowest BCUT2D eigenvalue weighted by Gasteiger charge is -1.79. The van der Waals surface area contributed by atoms with Gasteiger partial charge in [0.05, 0.1) is 0 Å². The molecule has 0 aliphatic rings. The molecule has 0 fully saturated rings. The van der Waals surface area contributed by atoms with Gasteiger partial charge in [-0.3, -0.25) is 0 Å². The minimum Gasteiger partial charge on any atom is -0.222 e. The van der Waals surface area contributed by atoms with Gasteiger partial charge < -0.3 is 0 Å². The fourth-order valence-corrected chi connectivity index (χ4v) is 1.60. The zero-order valence-corrected chi connectivity index (χ0v) is 6.22. The Bertz CT molecular complexity index is 322. The quantitative estimate of drug-likeness (QED) is 0.571. The van der Waals surface area contributed by atoms with Crippen LogP contribution in [0.5, 0.6) is 0 Å². The molecule has 0 atom stereocenters. The third-order valence-electron chi connectivity index (χ3n) is 1.21. The molecule has 0 amide bonds. The Morgan fingerprint density at radius 3 is 3.20 bits per heavy atom. The fourth-order valence-electron chi connectivity index (χ4n) is 0.819. The molecule has 0 unspecified atom stereocenters. The molecule has 0 aliphatic carbocycles. The van der Waals surface area contributed by atoms with Gasteiger partial charge in [-0.2, -0.15) is 0 Å². The van der Waals surface area contributed by atoms with Gasteiger partial charge in [0.1, 0.15) is 16.7 Å². The number of fused-ring (bicyclic) bond motifs is 1. The number of hydrogen-bond donors (Lipinski definition) is 0. The predicted octanol–water partition coefficient (Wildman–Crippen LogP) is 1.39. The Kier molecular flexibility index (Phi) is 1.14. The van der Waals surface area contributed by atoms with E-state index in [1.807, 2.05) is 13.0 Å². The van der Waals surface area contributed by atoms with Gasteiger partial charge in [0, 0.05) is 4.88 Å². The molecule has 0 bridgehead atoms. The largest absolute Gasteiger partial charge is 0.222 e. The van der Waals surface area contributed by atoms with Crippen LogP contribution in [0.15, 0.2) is 12.4 Å². The van der Waals surface area contributed by atoms with Crippen LogP contribution in [0.2, 0.25) is 0 Å². The number of rotatable bonds is 0. The summed E-state index contributed by atoms with van der Waals surface area (Å²) in [5.41, 5.74) is 0.894. The van der Waals surface area contributed by atoms with Crippen molar-refractivity contribution in [3.8, 4) is 0 Å². The monoisotopic (exact) mass is 151 g/mol. The van der Waals surface area contributed by atoms with Crippen LogP contribution in [0, 0.1) is 6.92 Å². The molecule has 0 N–H and O–H groups in total. The van der Waals surface area contributed by atoms with Crippen LogP contribution < -0.4 is 0 Å². The molecule has 50 valence electrons. The highest BCUT2D eigenvalue weighted by Crippen LogP contribution is 2.18. The molecule has 4 heteroatoms. The van der Waals surface area contributed by atoms with E-state index in [1.54, 1.807) is 11.3 Å². The molecule has 0 spiro atoms. The summed E-state index contributed by atoms with van der Waals surface area (Å²) in [6.45, 7) is 2.04. The highest BCUT2D eigenvalue weighted by molar-refractivity contribution is 7.18. The smallest absolute Gasteiger partial charge is 0.145 e.